The molecule has 6 nitrogen and oxygen atoms in total. The Hall–Kier alpha value is -0.130. The van der Waals surface area contributed by atoms with Gasteiger partial charge in [-0.1, -0.05) is 0 Å². The summed E-state index contributed by atoms with van der Waals surface area (Å²) in [7, 11) is -3.63. The van der Waals surface area contributed by atoms with Crippen LogP contribution in [0.5, 0.6) is 0 Å². The standard InChI is InChI=1S/C4H8ClO6P/c1-10-4(6)3(2-5)11-12(7,8)9/h3H,2H2,1H3,(H2,7,8,9). The Balaban J connectivity index is 4.19. The molecule has 0 rings (SSSR count). The highest BCUT2D eigenvalue weighted by Gasteiger charge is 2.27. The van der Waals surface area contributed by atoms with Gasteiger partial charge in [0.1, 0.15) is 0 Å². The Morgan fingerprint density at radius 2 is 2.17 bits per heavy atom. The minimum atomic E-state index is -4.69. The molecule has 0 fully saturated rings. The molecule has 0 bridgehead atoms. The summed E-state index contributed by atoms with van der Waals surface area (Å²) in [4.78, 5) is 27.2. The molecule has 1 unspecified atom stereocenters. The maximum Gasteiger partial charge on any atom is 0.470 e. The fourth-order valence-electron chi connectivity index (χ4n) is 0.431. The first-order valence-electron chi connectivity index (χ1n) is 2.78. The predicted molar refractivity (Wildman–Crippen MR) is 39.7 cm³/mol. The van der Waals surface area contributed by atoms with Crippen molar-refractivity contribution in [3.05, 3.63) is 0 Å². The largest absolute Gasteiger partial charge is 0.470 e. The molecule has 0 spiro atoms. The first-order valence-corrected chi connectivity index (χ1v) is 4.85. The van der Waals surface area contributed by atoms with E-state index in [9.17, 15) is 9.36 Å². The van der Waals surface area contributed by atoms with Gasteiger partial charge in [-0.2, -0.15) is 0 Å². The Bertz CT molecular complexity index is 200. The Kier molecular flexibility index (Phi) is 4.74. The second kappa shape index (κ2) is 4.79. The maximum absolute atomic E-state index is 10.6. The molecule has 72 valence electrons. The van der Waals surface area contributed by atoms with Crippen LogP contribution < -0.4 is 0 Å². The summed E-state index contributed by atoms with van der Waals surface area (Å²) in [6, 6.07) is 0. The second-order valence-corrected chi connectivity index (χ2v) is 3.26. The second-order valence-electron chi connectivity index (χ2n) is 1.76. The number of carbonyl (C=O) groups excluding carboxylic acids is 1. The lowest BCUT2D eigenvalue weighted by atomic mass is 10.4. The minimum Gasteiger partial charge on any atom is -0.467 e. The molecule has 0 saturated heterocycles. The van der Waals surface area contributed by atoms with Gasteiger partial charge in [-0.25, -0.2) is 9.36 Å². The van der Waals surface area contributed by atoms with E-state index in [4.69, 9.17) is 21.4 Å². The monoisotopic (exact) mass is 218 g/mol. The molecule has 0 aromatic carbocycles. The molecule has 0 aromatic heterocycles. The van der Waals surface area contributed by atoms with Gasteiger partial charge in [0, 0.05) is 0 Å². The van der Waals surface area contributed by atoms with Gasteiger partial charge < -0.3 is 14.5 Å². The van der Waals surface area contributed by atoms with Gasteiger partial charge >= 0.3 is 13.8 Å². The van der Waals surface area contributed by atoms with Crippen LogP contribution in [0.4, 0.5) is 0 Å². The van der Waals surface area contributed by atoms with E-state index in [1.807, 2.05) is 0 Å². The zero-order chi connectivity index (χ0) is 9.78. The molecule has 0 saturated carbocycles. The number of carbonyl (C=O) groups is 1. The van der Waals surface area contributed by atoms with Crippen LogP contribution in [0, 0.1) is 0 Å². The number of rotatable bonds is 4. The van der Waals surface area contributed by atoms with Gasteiger partial charge in [0.05, 0.1) is 13.0 Å². The van der Waals surface area contributed by atoms with Crippen molar-refractivity contribution in [3.63, 3.8) is 0 Å². The molecule has 0 heterocycles. The summed E-state index contributed by atoms with van der Waals surface area (Å²) in [5.41, 5.74) is 0. The van der Waals surface area contributed by atoms with Crippen LogP contribution in [0.1, 0.15) is 0 Å². The summed E-state index contributed by atoms with van der Waals surface area (Å²) >= 11 is 5.18. The number of esters is 1. The van der Waals surface area contributed by atoms with Gasteiger partial charge in [0.2, 0.25) is 0 Å². The minimum absolute atomic E-state index is 0.377. The molecule has 0 amide bonds. The van der Waals surface area contributed by atoms with Crippen LogP contribution in [0.2, 0.25) is 0 Å². The number of methoxy groups -OCH3 is 1. The number of phosphoric acid groups is 1. The number of halogens is 1. The molecule has 8 heteroatoms. The van der Waals surface area contributed by atoms with Crippen molar-refractivity contribution in [1.29, 1.82) is 0 Å². The average molecular weight is 219 g/mol. The van der Waals surface area contributed by atoms with Crippen LogP contribution in [0.25, 0.3) is 0 Å². The first-order chi connectivity index (χ1) is 5.40. The smallest absolute Gasteiger partial charge is 0.467 e. The van der Waals surface area contributed by atoms with Crippen molar-refractivity contribution in [2.24, 2.45) is 0 Å². The van der Waals surface area contributed by atoms with Crippen LogP contribution in [0.3, 0.4) is 0 Å². The fraction of sp³-hybridized carbons (Fsp3) is 0.750. The Labute approximate surface area is 73.7 Å². The van der Waals surface area contributed by atoms with E-state index in [0.29, 0.717) is 0 Å². The summed E-state index contributed by atoms with van der Waals surface area (Å²) in [5.74, 6) is -1.30. The normalized spacial score (nSPS) is 14.0. The molecule has 2 N–H and O–H groups in total. The molecule has 0 aliphatic rings. The third kappa shape index (κ3) is 4.69. The van der Waals surface area contributed by atoms with Crippen LogP contribution in [-0.4, -0.2) is 34.8 Å². The van der Waals surface area contributed by atoms with Gasteiger partial charge in [0.15, 0.2) is 6.10 Å². The first kappa shape index (κ1) is 11.9. The fourth-order valence-corrected chi connectivity index (χ4v) is 1.20. The third-order valence-electron chi connectivity index (χ3n) is 0.869. The number of phosphoric ester groups is 1. The van der Waals surface area contributed by atoms with Crippen molar-refractivity contribution < 1.29 is 28.4 Å². The van der Waals surface area contributed by atoms with Crippen molar-refractivity contribution in [1.82, 2.24) is 0 Å². The quantitative estimate of drug-likeness (QED) is 0.388. The summed E-state index contributed by atoms with van der Waals surface area (Å²) < 4.78 is 18.4. The summed E-state index contributed by atoms with van der Waals surface area (Å²) in [6.07, 6.45) is -1.43. The lowest BCUT2D eigenvalue weighted by molar-refractivity contribution is -0.148. The number of alkyl halides is 1. The van der Waals surface area contributed by atoms with E-state index in [1.165, 1.54) is 0 Å². The van der Waals surface area contributed by atoms with E-state index in [-0.39, 0.29) is 5.88 Å². The summed E-state index contributed by atoms with van der Waals surface area (Å²) in [5, 5.41) is 0. The Morgan fingerprint density at radius 1 is 1.67 bits per heavy atom. The molecular weight excluding hydrogens is 210 g/mol. The number of hydrogen-bond acceptors (Lipinski definition) is 4. The van der Waals surface area contributed by atoms with Gasteiger partial charge in [-0.15, -0.1) is 11.6 Å². The van der Waals surface area contributed by atoms with Gasteiger partial charge in [0.25, 0.3) is 0 Å². The van der Waals surface area contributed by atoms with E-state index < -0.39 is 19.9 Å². The lowest BCUT2D eigenvalue weighted by Gasteiger charge is -2.12. The van der Waals surface area contributed by atoms with Gasteiger partial charge in [-0.05, 0) is 0 Å². The highest BCUT2D eigenvalue weighted by Crippen LogP contribution is 2.37. The van der Waals surface area contributed by atoms with Crippen LogP contribution in [-0.2, 0) is 18.6 Å². The van der Waals surface area contributed by atoms with E-state index in [2.05, 4.69) is 9.26 Å². The maximum atomic E-state index is 10.6. The molecule has 1 atom stereocenters. The molecule has 0 aliphatic carbocycles. The molecule has 0 radical (unpaired) electrons. The zero-order valence-electron chi connectivity index (χ0n) is 6.14. The summed E-state index contributed by atoms with van der Waals surface area (Å²) in [6.45, 7) is 0. The third-order valence-corrected chi connectivity index (χ3v) is 1.68. The molecule has 0 aromatic rings. The van der Waals surface area contributed by atoms with E-state index >= 15 is 0 Å². The number of hydrogen-bond donors (Lipinski definition) is 2. The van der Waals surface area contributed by atoms with E-state index in [1.54, 1.807) is 0 Å². The highest BCUT2D eigenvalue weighted by molar-refractivity contribution is 7.46. The van der Waals surface area contributed by atoms with E-state index in [0.717, 1.165) is 7.11 Å². The predicted octanol–water partition coefficient (Wildman–Crippen LogP) is -0.124. The van der Waals surface area contributed by atoms with Crippen molar-refractivity contribution in [2.75, 3.05) is 13.0 Å². The van der Waals surface area contributed by atoms with Crippen molar-refractivity contribution in [3.8, 4) is 0 Å². The van der Waals surface area contributed by atoms with Gasteiger partial charge in [-0.3, -0.25) is 4.52 Å². The lowest BCUT2D eigenvalue weighted by Crippen LogP contribution is -2.26. The topological polar surface area (TPSA) is 93.1 Å². The zero-order valence-corrected chi connectivity index (χ0v) is 7.79. The molecule has 0 aliphatic heterocycles. The highest BCUT2D eigenvalue weighted by atomic mass is 35.5. The number of ether oxygens (including phenoxy) is 1. The SMILES string of the molecule is COC(=O)C(CCl)OP(=O)(O)O. The molecule has 12 heavy (non-hydrogen) atoms. The molecular formula is C4H8ClO6P. The Morgan fingerprint density at radius 3 is 2.42 bits per heavy atom. The average Bonchev–Trinajstić information content (AvgIpc) is 1.97. The van der Waals surface area contributed by atoms with Crippen molar-refractivity contribution >= 4 is 25.4 Å². The van der Waals surface area contributed by atoms with Crippen LogP contribution >= 0.6 is 19.4 Å². The van der Waals surface area contributed by atoms with Crippen molar-refractivity contribution in [2.45, 2.75) is 6.10 Å². The van der Waals surface area contributed by atoms with Crippen LogP contribution in [0.15, 0.2) is 0 Å².